The van der Waals surface area contributed by atoms with Crippen molar-refractivity contribution >= 4 is 5.96 Å². The quantitative estimate of drug-likeness (QED) is 0.554. The Labute approximate surface area is 55.6 Å². The highest BCUT2D eigenvalue weighted by atomic mass is 15.2. The molecule has 51 valence electrons. The average Bonchev–Trinajstić information content (AvgIpc) is 2.34. The molecule has 0 saturated carbocycles. The summed E-state index contributed by atoms with van der Waals surface area (Å²) in [6.07, 6.45) is 1.10. The number of nitrogens with zero attached hydrogens (tertiary/aromatic N) is 2. The van der Waals surface area contributed by atoms with Gasteiger partial charge in [0.1, 0.15) is 0 Å². The molecule has 1 rings (SSSR count). The average molecular weight is 126 g/mol. The summed E-state index contributed by atoms with van der Waals surface area (Å²) in [5, 5.41) is 7.26. The molecule has 0 fully saturated rings. The first-order valence-corrected chi connectivity index (χ1v) is 3.39. The Morgan fingerprint density at radius 1 is 1.78 bits per heavy atom. The van der Waals surface area contributed by atoms with Gasteiger partial charge in [-0.25, -0.2) is 4.99 Å². The smallest absolute Gasteiger partial charge is 0.213 e. The van der Waals surface area contributed by atoms with Gasteiger partial charge in [0.25, 0.3) is 0 Å². The minimum Gasteiger partial charge on any atom is -0.353 e. The van der Waals surface area contributed by atoms with Crippen LogP contribution in [0.3, 0.4) is 0 Å². The Balaban J connectivity index is 2.11. The van der Waals surface area contributed by atoms with Crippen LogP contribution in [0.25, 0.3) is 0 Å². The molecule has 0 aromatic rings. The Bertz CT molecular complexity index is 109. The highest BCUT2D eigenvalue weighted by Crippen LogP contribution is 1.82. The summed E-state index contributed by atoms with van der Waals surface area (Å²) in [5.41, 5.74) is 0. The van der Waals surface area contributed by atoms with Gasteiger partial charge in [0, 0.05) is 13.1 Å². The largest absolute Gasteiger partial charge is 0.353 e. The molecule has 0 unspecified atom stereocenters. The molecule has 1 heterocycles. The Morgan fingerprint density at radius 2 is 2.67 bits per heavy atom. The van der Waals surface area contributed by atoms with E-state index in [0.29, 0.717) is 0 Å². The van der Waals surface area contributed by atoms with Crippen LogP contribution in [-0.2, 0) is 0 Å². The summed E-state index contributed by atoms with van der Waals surface area (Å²) < 4.78 is 0. The Morgan fingerprint density at radius 3 is 3.22 bits per heavy atom. The number of hydrogen-bond acceptors (Lipinski definition) is 2. The van der Waals surface area contributed by atoms with E-state index in [0.717, 1.165) is 32.0 Å². The van der Waals surface area contributed by atoms with Gasteiger partial charge in [0.2, 0.25) is 5.96 Å². The summed E-state index contributed by atoms with van der Waals surface area (Å²) in [6, 6.07) is 0. The predicted octanol–water partition coefficient (Wildman–Crippen LogP) is -0.0400. The number of rotatable bonds is 2. The lowest BCUT2D eigenvalue weighted by atomic mass is 10.5. The molecule has 0 bridgehead atoms. The summed E-state index contributed by atoms with van der Waals surface area (Å²) in [5.74, 6) is 0.844. The van der Waals surface area contributed by atoms with Crippen molar-refractivity contribution in [2.45, 2.75) is 13.3 Å². The van der Waals surface area contributed by atoms with Crippen LogP contribution >= 0.6 is 0 Å². The summed E-state index contributed by atoms with van der Waals surface area (Å²) in [6.45, 7) is 4.86. The first-order valence-electron chi connectivity index (χ1n) is 3.39. The van der Waals surface area contributed by atoms with Gasteiger partial charge in [-0.05, 0) is 6.42 Å². The van der Waals surface area contributed by atoms with Gasteiger partial charge in [-0.15, -0.1) is 0 Å². The highest BCUT2D eigenvalue weighted by molar-refractivity contribution is 5.80. The molecule has 1 radical (unpaired) electrons. The van der Waals surface area contributed by atoms with Crippen molar-refractivity contribution in [3.8, 4) is 0 Å². The fourth-order valence-electron chi connectivity index (χ4n) is 0.709. The first-order chi connectivity index (χ1) is 4.43. The molecular weight excluding hydrogens is 114 g/mol. The zero-order chi connectivity index (χ0) is 6.53. The minimum absolute atomic E-state index is 0.844. The van der Waals surface area contributed by atoms with Crippen LogP contribution in [0.2, 0.25) is 0 Å². The van der Waals surface area contributed by atoms with Crippen LogP contribution in [0, 0.1) is 0 Å². The molecular formula is C6H12N3. The number of hydrogen-bond donors (Lipinski definition) is 1. The van der Waals surface area contributed by atoms with Crippen molar-refractivity contribution in [2.24, 2.45) is 4.99 Å². The van der Waals surface area contributed by atoms with Crippen molar-refractivity contribution < 1.29 is 0 Å². The van der Waals surface area contributed by atoms with Crippen molar-refractivity contribution in [1.82, 2.24) is 10.6 Å². The van der Waals surface area contributed by atoms with Gasteiger partial charge < -0.3 is 5.32 Å². The number of nitrogens with one attached hydrogen (secondary N) is 1. The van der Waals surface area contributed by atoms with Crippen molar-refractivity contribution in [3.63, 3.8) is 0 Å². The standard InChI is InChI=1S/C6H12N3/c1-2-3-7-6-8-4-5-9-6/h2-5H2,1H3,(H,8,9). The zero-order valence-electron chi connectivity index (χ0n) is 5.72. The maximum absolute atomic E-state index is 4.18. The molecule has 1 aliphatic heterocycles. The van der Waals surface area contributed by atoms with Crippen molar-refractivity contribution in [2.75, 3.05) is 19.6 Å². The van der Waals surface area contributed by atoms with E-state index in [9.17, 15) is 0 Å². The molecule has 3 nitrogen and oxygen atoms in total. The summed E-state index contributed by atoms with van der Waals surface area (Å²) >= 11 is 0. The van der Waals surface area contributed by atoms with E-state index in [-0.39, 0.29) is 0 Å². The third-order valence-electron chi connectivity index (χ3n) is 1.14. The molecule has 1 aliphatic rings. The second kappa shape index (κ2) is 3.33. The van der Waals surface area contributed by atoms with Crippen LogP contribution in [0.15, 0.2) is 4.99 Å². The van der Waals surface area contributed by atoms with Gasteiger partial charge in [-0.3, -0.25) is 5.32 Å². The van der Waals surface area contributed by atoms with Crippen LogP contribution in [0.4, 0.5) is 0 Å². The highest BCUT2D eigenvalue weighted by Gasteiger charge is 2.02. The maximum Gasteiger partial charge on any atom is 0.213 e. The summed E-state index contributed by atoms with van der Waals surface area (Å²) in [7, 11) is 0. The predicted molar refractivity (Wildman–Crippen MR) is 37.6 cm³/mol. The maximum atomic E-state index is 4.18. The third kappa shape index (κ3) is 1.91. The molecule has 0 spiro atoms. The van der Waals surface area contributed by atoms with E-state index in [2.05, 4.69) is 22.5 Å². The van der Waals surface area contributed by atoms with E-state index in [4.69, 9.17) is 0 Å². The van der Waals surface area contributed by atoms with E-state index >= 15 is 0 Å². The van der Waals surface area contributed by atoms with Crippen LogP contribution < -0.4 is 10.6 Å². The van der Waals surface area contributed by atoms with Crippen LogP contribution in [-0.4, -0.2) is 25.6 Å². The number of guanidine groups is 1. The van der Waals surface area contributed by atoms with Crippen LogP contribution in [0.1, 0.15) is 13.3 Å². The normalized spacial score (nSPS) is 16.8. The second-order valence-corrected chi connectivity index (χ2v) is 2.01. The lowest BCUT2D eigenvalue weighted by Crippen LogP contribution is -2.28. The lowest BCUT2D eigenvalue weighted by molar-refractivity contribution is 0.805. The molecule has 0 aliphatic carbocycles. The Hall–Kier alpha value is -0.730. The van der Waals surface area contributed by atoms with E-state index in [1.807, 2.05) is 0 Å². The molecule has 0 amide bonds. The Kier molecular flexibility index (Phi) is 2.36. The molecule has 3 heteroatoms. The fraction of sp³-hybridized carbons (Fsp3) is 0.833. The fourth-order valence-corrected chi connectivity index (χ4v) is 0.709. The minimum atomic E-state index is 0.844. The zero-order valence-corrected chi connectivity index (χ0v) is 5.72. The molecule has 0 atom stereocenters. The van der Waals surface area contributed by atoms with Gasteiger partial charge >= 0.3 is 0 Å². The third-order valence-corrected chi connectivity index (χ3v) is 1.14. The van der Waals surface area contributed by atoms with Gasteiger partial charge in [0.05, 0.1) is 6.54 Å². The van der Waals surface area contributed by atoms with E-state index in [1.54, 1.807) is 0 Å². The van der Waals surface area contributed by atoms with Crippen molar-refractivity contribution in [1.29, 1.82) is 0 Å². The monoisotopic (exact) mass is 126 g/mol. The summed E-state index contributed by atoms with van der Waals surface area (Å²) in [4.78, 5) is 4.11. The lowest BCUT2D eigenvalue weighted by Gasteiger charge is -1.98. The molecule has 0 aromatic carbocycles. The van der Waals surface area contributed by atoms with Crippen molar-refractivity contribution in [3.05, 3.63) is 0 Å². The van der Waals surface area contributed by atoms with Crippen LogP contribution in [0.5, 0.6) is 0 Å². The van der Waals surface area contributed by atoms with E-state index in [1.165, 1.54) is 0 Å². The molecule has 9 heavy (non-hydrogen) atoms. The molecule has 0 aromatic heterocycles. The van der Waals surface area contributed by atoms with E-state index < -0.39 is 0 Å². The molecule has 1 N–H and O–H groups in total. The topological polar surface area (TPSA) is 38.5 Å². The first kappa shape index (κ1) is 6.39. The SMILES string of the molecule is CCC[N]C1=NCCN1. The van der Waals surface area contributed by atoms with Gasteiger partial charge in [0.15, 0.2) is 0 Å². The molecule has 0 saturated heterocycles. The second-order valence-electron chi connectivity index (χ2n) is 2.01. The van der Waals surface area contributed by atoms with Gasteiger partial charge in [-0.1, -0.05) is 6.92 Å². The number of aliphatic imine (C=N–C) groups is 1. The van der Waals surface area contributed by atoms with Gasteiger partial charge in [-0.2, -0.15) is 0 Å².